The second kappa shape index (κ2) is 12.5. The zero-order chi connectivity index (χ0) is 27.2. The van der Waals surface area contributed by atoms with Gasteiger partial charge in [-0.25, -0.2) is 9.97 Å². The summed E-state index contributed by atoms with van der Waals surface area (Å²) in [5.41, 5.74) is 2.87. The first-order valence-electron chi connectivity index (χ1n) is 13.0. The van der Waals surface area contributed by atoms with Crippen LogP contribution in [0.4, 0.5) is 5.69 Å². The summed E-state index contributed by atoms with van der Waals surface area (Å²) in [5.74, 6) is 0.948. The maximum Gasteiger partial charge on any atom is 0.273 e. The minimum atomic E-state index is -0.0225. The molecule has 0 atom stereocenters. The molecule has 2 aliphatic heterocycles. The third-order valence-electron chi connectivity index (χ3n) is 7.14. The second-order valence-corrected chi connectivity index (χ2v) is 11.4. The molecule has 0 saturated carbocycles. The second-order valence-electron chi connectivity index (χ2n) is 9.53. The van der Waals surface area contributed by atoms with Crippen LogP contribution < -0.4 is 4.90 Å². The molecule has 0 N–H and O–H groups in total. The summed E-state index contributed by atoms with van der Waals surface area (Å²) >= 11 is 3.07. The average Bonchev–Trinajstić information content (AvgIpc) is 3.50. The van der Waals surface area contributed by atoms with Gasteiger partial charge >= 0.3 is 0 Å². The van der Waals surface area contributed by atoms with Crippen LogP contribution in [0.1, 0.15) is 50.2 Å². The summed E-state index contributed by atoms with van der Waals surface area (Å²) in [6, 6.07) is 13.4. The van der Waals surface area contributed by atoms with Gasteiger partial charge in [0.15, 0.2) is 0 Å². The Bertz CT molecular complexity index is 1370. The Balaban J connectivity index is 1.14. The van der Waals surface area contributed by atoms with E-state index < -0.39 is 0 Å². The number of pyridine rings is 1. The van der Waals surface area contributed by atoms with Crippen LogP contribution in [0, 0.1) is 11.3 Å². The van der Waals surface area contributed by atoms with Crippen molar-refractivity contribution < 1.29 is 9.59 Å². The highest BCUT2D eigenvalue weighted by Gasteiger charge is 2.29. The molecule has 0 bridgehead atoms. The number of anilines is 1. The van der Waals surface area contributed by atoms with E-state index in [2.05, 4.69) is 22.5 Å². The van der Waals surface area contributed by atoms with Gasteiger partial charge in [0.05, 0.1) is 22.2 Å². The Morgan fingerprint density at radius 3 is 2.46 bits per heavy atom. The lowest BCUT2D eigenvalue weighted by Crippen LogP contribution is -2.48. The van der Waals surface area contributed by atoms with E-state index in [-0.39, 0.29) is 17.7 Å². The normalized spacial score (nSPS) is 16.1. The third kappa shape index (κ3) is 6.15. The van der Waals surface area contributed by atoms with Gasteiger partial charge in [-0.3, -0.25) is 9.59 Å². The SMILES string of the molecule is C=CCSc1ncccc1C(=O)N1CCC(c2nc(C(=O)N3CCN(c4ccc(C#N)cc4)CC3)cs2)CC1. The van der Waals surface area contributed by atoms with Gasteiger partial charge in [-0.05, 0) is 49.2 Å². The molecular weight excluding hydrogens is 528 g/mol. The molecular formula is C29H30N6O2S2. The lowest BCUT2D eigenvalue weighted by Gasteiger charge is -2.35. The quantitative estimate of drug-likeness (QED) is 0.307. The molecule has 1 aromatic carbocycles. The first-order valence-corrected chi connectivity index (χ1v) is 14.9. The van der Waals surface area contributed by atoms with Gasteiger partial charge in [0, 0.05) is 68.2 Å². The van der Waals surface area contributed by atoms with E-state index in [1.165, 1.54) is 11.8 Å². The van der Waals surface area contributed by atoms with E-state index in [9.17, 15) is 9.59 Å². The Morgan fingerprint density at radius 2 is 1.77 bits per heavy atom. The largest absolute Gasteiger partial charge is 0.368 e. The maximum atomic E-state index is 13.2. The molecule has 39 heavy (non-hydrogen) atoms. The Hall–Kier alpha value is -3.68. The molecule has 200 valence electrons. The van der Waals surface area contributed by atoms with Crippen LogP contribution in [0.15, 0.2) is 65.7 Å². The molecule has 10 heteroatoms. The van der Waals surface area contributed by atoms with E-state index in [1.54, 1.807) is 23.6 Å². The number of aromatic nitrogens is 2. The van der Waals surface area contributed by atoms with Crippen LogP contribution in [0.2, 0.25) is 0 Å². The van der Waals surface area contributed by atoms with Crippen LogP contribution in [-0.4, -0.2) is 76.6 Å². The summed E-state index contributed by atoms with van der Waals surface area (Å²) in [6.45, 7) is 7.82. The van der Waals surface area contributed by atoms with Crippen molar-refractivity contribution in [2.24, 2.45) is 0 Å². The number of carbonyl (C=O) groups excluding carboxylic acids is 2. The highest BCUT2D eigenvalue weighted by molar-refractivity contribution is 7.99. The number of piperazine rings is 1. The average molecular weight is 559 g/mol. The van der Waals surface area contributed by atoms with Gasteiger partial charge in [-0.1, -0.05) is 6.08 Å². The van der Waals surface area contributed by atoms with Crippen molar-refractivity contribution in [2.75, 3.05) is 49.9 Å². The molecule has 0 radical (unpaired) electrons. The van der Waals surface area contributed by atoms with Crippen molar-refractivity contribution >= 4 is 40.6 Å². The molecule has 0 unspecified atom stereocenters. The summed E-state index contributed by atoms with van der Waals surface area (Å²) < 4.78 is 0. The van der Waals surface area contributed by atoms with Crippen LogP contribution in [0.3, 0.4) is 0 Å². The highest BCUT2D eigenvalue weighted by Crippen LogP contribution is 2.32. The fraction of sp³-hybridized carbons (Fsp3) is 0.345. The van der Waals surface area contributed by atoms with E-state index in [4.69, 9.17) is 10.2 Å². The van der Waals surface area contributed by atoms with Crippen LogP contribution >= 0.6 is 23.1 Å². The minimum Gasteiger partial charge on any atom is -0.368 e. The molecule has 2 amide bonds. The summed E-state index contributed by atoms with van der Waals surface area (Å²) in [6.07, 6.45) is 5.17. The number of amides is 2. The first-order chi connectivity index (χ1) is 19.1. The number of benzene rings is 1. The molecule has 2 aliphatic rings. The van der Waals surface area contributed by atoms with Gasteiger partial charge in [-0.15, -0.1) is 29.7 Å². The van der Waals surface area contributed by atoms with Crippen molar-refractivity contribution in [3.63, 3.8) is 0 Å². The third-order valence-corrected chi connectivity index (χ3v) is 9.15. The van der Waals surface area contributed by atoms with Crippen molar-refractivity contribution in [2.45, 2.75) is 23.8 Å². The number of likely N-dealkylation sites (tertiary alicyclic amines) is 1. The topological polar surface area (TPSA) is 93.4 Å². The Labute approximate surface area is 237 Å². The van der Waals surface area contributed by atoms with E-state index >= 15 is 0 Å². The zero-order valence-corrected chi connectivity index (χ0v) is 23.3. The molecule has 0 aliphatic carbocycles. The van der Waals surface area contributed by atoms with E-state index in [0.29, 0.717) is 48.8 Å². The predicted octanol–water partition coefficient (Wildman–Crippen LogP) is 4.67. The molecule has 2 fully saturated rings. The zero-order valence-electron chi connectivity index (χ0n) is 21.7. The van der Waals surface area contributed by atoms with Crippen LogP contribution in [0.25, 0.3) is 0 Å². The van der Waals surface area contributed by atoms with E-state index in [1.807, 2.05) is 51.6 Å². The fourth-order valence-corrected chi connectivity index (χ4v) is 6.64. The number of hydrogen-bond acceptors (Lipinski definition) is 8. The Morgan fingerprint density at radius 1 is 1.05 bits per heavy atom. The standard InChI is InChI=1S/C29H30N6O2S2/c1-2-18-38-27-24(4-3-11-31-27)28(36)34-12-9-22(10-13-34)26-32-25(20-39-26)29(37)35-16-14-33(15-17-35)23-7-5-21(19-30)6-8-23/h2-8,11,20,22H,1,9-10,12-18H2. The number of nitrogens with zero attached hydrogens (tertiary/aromatic N) is 6. The molecule has 0 spiro atoms. The number of thiazole rings is 1. The summed E-state index contributed by atoms with van der Waals surface area (Å²) in [4.78, 5) is 41.5. The molecule has 8 nitrogen and oxygen atoms in total. The summed E-state index contributed by atoms with van der Waals surface area (Å²) in [5, 5.41) is 12.6. The van der Waals surface area contributed by atoms with Crippen molar-refractivity contribution in [3.8, 4) is 6.07 Å². The lowest BCUT2D eigenvalue weighted by molar-refractivity contribution is 0.0708. The molecule has 5 rings (SSSR count). The van der Waals surface area contributed by atoms with Gasteiger partial charge in [0.1, 0.15) is 10.7 Å². The molecule has 2 saturated heterocycles. The summed E-state index contributed by atoms with van der Waals surface area (Å²) in [7, 11) is 0. The lowest BCUT2D eigenvalue weighted by atomic mass is 9.97. The van der Waals surface area contributed by atoms with Crippen LogP contribution in [0.5, 0.6) is 0 Å². The smallest absolute Gasteiger partial charge is 0.273 e. The van der Waals surface area contributed by atoms with Gasteiger partial charge < -0.3 is 14.7 Å². The minimum absolute atomic E-state index is 0.0169. The Kier molecular flexibility index (Phi) is 8.59. The monoisotopic (exact) mass is 558 g/mol. The highest BCUT2D eigenvalue weighted by atomic mass is 32.2. The molecule has 3 aromatic rings. The number of hydrogen-bond donors (Lipinski definition) is 0. The molecule has 4 heterocycles. The van der Waals surface area contributed by atoms with Gasteiger partial charge in [-0.2, -0.15) is 5.26 Å². The van der Waals surface area contributed by atoms with Crippen molar-refractivity contribution in [1.82, 2.24) is 19.8 Å². The number of carbonyl (C=O) groups is 2. The maximum absolute atomic E-state index is 13.2. The van der Waals surface area contributed by atoms with Gasteiger partial charge in [0.2, 0.25) is 0 Å². The first kappa shape index (κ1) is 26.9. The predicted molar refractivity (Wildman–Crippen MR) is 154 cm³/mol. The fourth-order valence-electron chi connectivity index (χ4n) is 4.96. The van der Waals surface area contributed by atoms with E-state index in [0.717, 1.165) is 41.7 Å². The number of nitriles is 1. The number of rotatable bonds is 7. The van der Waals surface area contributed by atoms with Crippen LogP contribution in [-0.2, 0) is 0 Å². The number of piperidine rings is 1. The van der Waals surface area contributed by atoms with Gasteiger partial charge in [0.25, 0.3) is 11.8 Å². The molecule has 2 aromatic heterocycles. The van der Waals surface area contributed by atoms with Crippen molar-refractivity contribution in [1.29, 1.82) is 5.26 Å². The number of thioether (sulfide) groups is 1. The van der Waals surface area contributed by atoms with Crippen molar-refractivity contribution in [3.05, 3.63) is 82.5 Å².